The number of amides is 1. The lowest BCUT2D eigenvalue weighted by molar-refractivity contribution is -0.134. The third kappa shape index (κ3) is 4.02. The molecule has 0 aliphatic carbocycles. The van der Waals surface area contributed by atoms with Crippen LogP contribution in [0.5, 0.6) is 11.5 Å². The summed E-state index contributed by atoms with van der Waals surface area (Å²) >= 11 is 0. The molecule has 0 radical (unpaired) electrons. The summed E-state index contributed by atoms with van der Waals surface area (Å²) in [5.74, 6) is 1.21. The van der Waals surface area contributed by atoms with Gasteiger partial charge in [-0.05, 0) is 42.2 Å². The van der Waals surface area contributed by atoms with Crippen molar-refractivity contribution in [3.63, 3.8) is 0 Å². The fourth-order valence-corrected chi connectivity index (χ4v) is 3.04. The average molecular weight is 337 g/mol. The van der Waals surface area contributed by atoms with Crippen molar-refractivity contribution < 1.29 is 14.3 Å². The highest BCUT2D eigenvalue weighted by Crippen LogP contribution is 2.28. The van der Waals surface area contributed by atoms with Crippen molar-refractivity contribution in [3.05, 3.63) is 65.2 Å². The van der Waals surface area contributed by atoms with Gasteiger partial charge in [-0.1, -0.05) is 42.5 Å². The van der Waals surface area contributed by atoms with Crippen LogP contribution >= 0.6 is 0 Å². The first-order valence-electron chi connectivity index (χ1n) is 8.49. The van der Waals surface area contributed by atoms with E-state index in [2.05, 4.69) is 12.1 Å². The van der Waals surface area contributed by atoms with Crippen molar-refractivity contribution >= 4 is 12.0 Å². The minimum atomic E-state index is -0.00548. The minimum absolute atomic E-state index is 0.00548. The molecule has 130 valence electrons. The predicted molar refractivity (Wildman–Crippen MR) is 98.8 cm³/mol. The molecule has 1 aliphatic rings. The van der Waals surface area contributed by atoms with E-state index in [9.17, 15) is 4.79 Å². The van der Waals surface area contributed by atoms with Crippen LogP contribution < -0.4 is 9.47 Å². The highest BCUT2D eigenvalue weighted by atomic mass is 16.5. The van der Waals surface area contributed by atoms with Crippen LogP contribution in [-0.4, -0.2) is 31.1 Å². The van der Waals surface area contributed by atoms with Gasteiger partial charge in [-0.25, -0.2) is 0 Å². The van der Waals surface area contributed by atoms with Gasteiger partial charge < -0.3 is 14.4 Å². The van der Waals surface area contributed by atoms with Gasteiger partial charge in [-0.2, -0.15) is 0 Å². The zero-order valence-corrected chi connectivity index (χ0v) is 14.7. The van der Waals surface area contributed by atoms with Crippen molar-refractivity contribution in [1.29, 1.82) is 0 Å². The normalized spacial score (nSPS) is 13.6. The highest BCUT2D eigenvalue weighted by molar-refractivity contribution is 5.78. The number of hydrogen-bond acceptors (Lipinski definition) is 3. The fourth-order valence-electron chi connectivity index (χ4n) is 3.04. The van der Waals surface area contributed by atoms with Crippen molar-refractivity contribution in [1.82, 2.24) is 4.90 Å². The molecule has 2 aromatic carbocycles. The van der Waals surface area contributed by atoms with Crippen LogP contribution in [0.4, 0.5) is 0 Å². The van der Waals surface area contributed by atoms with Crippen molar-refractivity contribution in [2.45, 2.75) is 19.9 Å². The summed E-state index contributed by atoms with van der Waals surface area (Å²) in [6.45, 7) is 3.36. The Kier molecular flexibility index (Phi) is 5.39. The van der Waals surface area contributed by atoms with Crippen LogP contribution in [0, 0.1) is 0 Å². The van der Waals surface area contributed by atoms with Crippen LogP contribution in [0.2, 0.25) is 0 Å². The molecule has 0 saturated carbocycles. The Hall–Kier alpha value is -2.75. The summed E-state index contributed by atoms with van der Waals surface area (Å²) in [5, 5.41) is 0. The second-order valence-corrected chi connectivity index (χ2v) is 6.03. The van der Waals surface area contributed by atoms with Crippen LogP contribution in [-0.2, 0) is 17.8 Å². The Bertz CT molecular complexity index is 782. The fraction of sp³-hybridized carbons (Fsp3) is 0.286. The maximum atomic E-state index is 12.5. The molecule has 1 aliphatic heterocycles. The van der Waals surface area contributed by atoms with E-state index in [-0.39, 0.29) is 12.5 Å². The summed E-state index contributed by atoms with van der Waals surface area (Å²) in [4.78, 5) is 14.3. The molecular formula is C21H23NO3. The number of benzene rings is 2. The van der Waals surface area contributed by atoms with Gasteiger partial charge in [0.05, 0.1) is 7.11 Å². The topological polar surface area (TPSA) is 38.8 Å². The van der Waals surface area contributed by atoms with Gasteiger partial charge in [0.1, 0.15) is 0 Å². The largest absolute Gasteiger partial charge is 0.493 e. The molecule has 0 N–H and O–H groups in total. The lowest BCUT2D eigenvalue weighted by Gasteiger charge is -2.28. The Balaban J connectivity index is 1.63. The number of hydrogen-bond donors (Lipinski definition) is 0. The lowest BCUT2D eigenvalue weighted by atomic mass is 10.00. The number of ether oxygens (including phenoxy) is 2. The quantitative estimate of drug-likeness (QED) is 0.835. The monoisotopic (exact) mass is 337 g/mol. The number of nitrogens with zero attached hydrogens (tertiary/aromatic N) is 1. The lowest BCUT2D eigenvalue weighted by Crippen LogP contribution is -2.38. The Labute approximate surface area is 148 Å². The second-order valence-electron chi connectivity index (χ2n) is 6.03. The third-order valence-corrected chi connectivity index (χ3v) is 4.38. The first-order chi connectivity index (χ1) is 12.2. The van der Waals surface area contributed by atoms with Crippen molar-refractivity contribution in [3.8, 4) is 11.5 Å². The molecule has 0 spiro atoms. The first kappa shape index (κ1) is 17.1. The van der Waals surface area contributed by atoms with Crippen LogP contribution in [0.15, 0.2) is 48.5 Å². The predicted octanol–water partition coefficient (Wildman–Crippen LogP) is 3.69. The zero-order chi connectivity index (χ0) is 17.6. The highest BCUT2D eigenvalue weighted by Gasteiger charge is 2.21. The van der Waals surface area contributed by atoms with Crippen molar-refractivity contribution in [2.24, 2.45) is 0 Å². The van der Waals surface area contributed by atoms with E-state index in [1.54, 1.807) is 7.11 Å². The molecule has 0 unspecified atom stereocenters. The molecule has 4 nitrogen and oxygen atoms in total. The minimum Gasteiger partial charge on any atom is -0.493 e. The first-order valence-corrected chi connectivity index (χ1v) is 8.49. The van der Waals surface area contributed by atoms with Crippen LogP contribution in [0.3, 0.4) is 0 Å². The van der Waals surface area contributed by atoms with Gasteiger partial charge in [-0.15, -0.1) is 0 Å². The van der Waals surface area contributed by atoms with Gasteiger partial charge in [0, 0.05) is 13.1 Å². The summed E-state index contributed by atoms with van der Waals surface area (Å²) in [6, 6.07) is 14.0. The Morgan fingerprint density at radius 1 is 1.16 bits per heavy atom. The number of carbonyl (C=O) groups excluding carboxylic acids is 1. The number of carbonyl (C=O) groups is 1. The van der Waals surface area contributed by atoms with Gasteiger partial charge in [0.25, 0.3) is 5.91 Å². The van der Waals surface area contributed by atoms with E-state index in [0.29, 0.717) is 18.0 Å². The molecule has 3 rings (SSSR count). The SMILES string of the molecule is CC=Cc1ccc(OCC(=O)N2CCc3ccccc3C2)c(OC)c1. The summed E-state index contributed by atoms with van der Waals surface area (Å²) in [7, 11) is 1.60. The number of methoxy groups -OCH3 is 1. The van der Waals surface area contributed by atoms with E-state index in [1.807, 2.05) is 54.3 Å². The molecule has 0 fully saturated rings. The summed E-state index contributed by atoms with van der Waals surface area (Å²) in [6.07, 6.45) is 4.85. The zero-order valence-electron chi connectivity index (χ0n) is 14.7. The molecule has 1 amide bonds. The molecule has 0 atom stereocenters. The van der Waals surface area contributed by atoms with Crippen LogP contribution in [0.25, 0.3) is 6.08 Å². The average Bonchev–Trinajstić information content (AvgIpc) is 2.66. The van der Waals surface area contributed by atoms with E-state index < -0.39 is 0 Å². The molecule has 2 aromatic rings. The Morgan fingerprint density at radius 3 is 2.72 bits per heavy atom. The number of rotatable bonds is 5. The van der Waals surface area contributed by atoms with Gasteiger partial charge >= 0.3 is 0 Å². The summed E-state index contributed by atoms with van der Waals surface area (Å²) < 4.78 is 11.1. The smallest absolute Gasteiger partial charge is 0.260 e. The molecule has 0 bridgehead atoms. The van der Waals surface area contributed by atoms with Gasteiger partial charge in [0.15, 0.2) is 18.1 Å². The standard InChI is InChI=1S/C21H23NO3/c1-3-6-16-9-10-19(20(13-16)24-2)25-15-21(23)22-12-11-17-7-4-5-8-18(17)14-22/h3-10,13H,11-12,14-15H2,1-2H3. The van der Waals surface area contributed by atoms with Gasteiger partial charge in [0.2, 0.25) is 0 Å². The maximum absolute atomic E-state index is 12.5. The molecule has 25 heavy (non-hydrogen) atoms. The van der Waals surface area contributed by atoms with E-state index >= 15 is 0 Å². The van der Waals surface area contributed by atoms with Gasteiger partial charge in [-0.3, -0.25) is 4.79 Å². The van der Waals surface area contributed by atoms with Crippen LogP contribution in [0.1, 0.15) is 23.6 Å². The summed E-state index contributed by atoms with van der Waals surface area (Å²) in [5.41, 5.74) is 3.58. The molecule has 4 heteroatoms. The molecule has 0 saturated heterocycles. The molecular weight excluding hydrogens is 314 g/mol. The van der Waals surface area contributed by atoms with E-state index in [0.717, 1.165) is 18.5 Å². The maximum Gasteiger partial charge on any atom is 0.260 e. The molecule has 0 aromatic heterocycles. The van der Waals surface area contributed by atoms with Crippen molar-refractivity contribution in [2.75, 3.05) is 20.3 Å². The molecule has 1 heterocycles. The Morgan fingerprint density at radius 2 is 1.96 bits per heavy atom. The second kappa shape index (κ2) is 7.88. The van der Waals surface area contributed by atoms with E-state index in [1.165, 1.54) is 11.1 Å². The third-order valence-electron chi connectivity index (χ3n) is 4.38. The number of fused-ring (bicyclic) bond motifs is 1. The number of allylic oxidation sites excluding steroid dienone is 1. The van der Waals surface area contributed by atoms with E-state index in [4.69, 9.17) is 9.47 Å².